The Morgan fingerprint density at radius 3 is 2.82 bits per heavy atom. The minimum absolute atomic E-state index is 0.0776. The number of nitro benzene ring substituents is 1. The van der Waals surface area contributed by atoms with Crippen LogP contribution in [-0.4, -0.2) is 54.3 Å². The summed E-state index contributed by atoms with van der Waals surface area (Å²) in [6, 6.07) is 14.8. The number of nitro groups is 1. The molecule has 1 unspecified atom stereocenters. The standard InChI is InChI=1S/C20H23N3O4S/c1-28-17-7-8-19(23(25)26)18(11-17)20(24)21-12-16-14-22(9-10-27-16)13-15-5-3-2-4-6-15/h2-8,11,16H,9-10,12-14H2,1H3,(H,21,24). The Balaban J connectivity index is 1.59. The van der Waals surface area contributed by atoms with Crippen LogP contribution >= 0.6 is 11.8 Å². The highest BCUT2D eigenvalue weighted by Crippen LogP contribution is 2.24. The van der Waals surface area contributed by atoms with Crippen LogP contribution in [0.4, 0.5) is 5.69 Å². The van der Waals surface area contributed by atoms with Crippen LogP contribution in [0.25, 0.3) is 0 Å². The second-order valence-corrected chi connectivity index (χ2v) is 7.44. The molecule has 1 aliphatic heterocycles. The lowest BCUT2D eigenvalue weighted by molar-refractivity contribution is -0.385. The maximum absolute atomic E-state index is 12.6. The number of hydrogen-bond donors (Lipinski definition) is 1. The van der Waals surface area contributed by atoms with Crippen LogP contribution in [0.15, 0.2) is 53.4 Å². The first kappa shape index (κ1) is 20.3. The molecule has 1 atom stereocenters. The van der Waals surface area contributed by atoms with Gasteiger partial charge in [0.25, 0.3) is 11.6 Å². The number of carbonyl (C=O) groups is 1. The van der Waals surface area contributed by atoms with E-state index in [0.29, 0.717) is 19.7 Å². The highest BCUT2D eigenvalue weighted by molar-refractivity contribution is 7.98. The zero-order chi connectivity index (χ0) is 19.9. The third kappa shape index (κ3) is 5.31. The Morgan fingerprint density at radius 1 is 1.32 bits per heavy atom. The van der Waals surface area contributed by atoms with E-state index in [1.54, 1.807) is 12.1 Å². The van der Waals surface area contributed by atoms with Crippen molar-refractivity contribution in [2.24, 2.45) is 0 Å². The molecule has 0 aliphatic carbocycles. The number of benzene rings is 2. The second-order valence-electron chi connectivity index (χ2n) is 6.56. The van der Waals surface area contributed by atoms with Gasteiger partial charge in [0.15, 0.2) is 0 Å². The Morgan fingerprint density at radius 2 is 2.11 bits per heavy atom. The van der Waals surface area contributed by atoms with Gasteiger partial charge >= 0.3 is 0 Å². The van der Waals surface area contributed by atoms with Gasteiger partial charge in [0.2, 0.25) is 0 Å². The third-order valence-corrected chi connectivity index (χ3v) is 5.33. The van der Waals surface area contributed by atoms with Crippen molar-refractivity contribution in [1.82, 2.24) is 10.2 Å². The molecular weight excluding hydrogens is 378 g/mol. The van der Waals surface area contributed by atoms with Gasteiger partial charge in [-0.2, -0.15) is 0 Å². The molecule has 1 aliphatic rings. The number of morpholine rings is 1. The Hall–Kier alpha value is -2.42. The van der Waals surface area contributed by atoms with Gasteiger partial charge in [-0.3, -0.25) is 19.8 Å². The van der Waals surface area contributed by atoms with Crippen LogP contribution in [-0.2, 0) is 11.3 Å². The molecule has 1 heterocycles. The maximum Gasteiger partial charge on any atom is 0.282 e. The lowest BCUT2D eigenvalue weighted by atomic mass is 10.1. The van der Waals surface area contributed by atoms with Gasteiger partial charge in [-0.25, -0.2) is 0 Å². The van der Waals surface area contributed by atoms with Crippen molar-refractivity contribution in [3.8, 4) is 0 Å². The summed E-state index contributed by atoms with van der Waals surface area (Å²) in [6.45, 7) is 3.26. The van der Waals surface area contributed by atoms with E-state index in [-0.39, 0.29) is 17.4 Å². The number of rotatable bonds is 7. The van der Waals surface area contributed by atoms with Crippen molar-refractivity contribution in [1.29, 1.82) is 0 Å². The number of amides is 1. The van der Waals surface area contributed by atoms with Gasteiger partial charge in [0.05, 0.1) is 17.6 Å². The van der Waals surface area contributed by atoms with E-state index in [4.69, 9.17) is 4.74 Å². The smallest absolute Gasteiger partial charge is 0.282 e. The van der Waals surface area contributed by atoms with Crippen molar-refractivity contribution < 1.29 is 14.5 Å². The van der Waals surface area contributed by atoms with E-state index < -0.39 is 10.8 Å². The number of ether oxygens (including phenoxy) is 1. The molecule has 0 aromatic heterocycles. The molecule has 7 nitrogen and oxygen atoms in total. The number of nitrogens with zero attached hydrogens (tertiary/aromatic N) is 2. The van der Waals surface area contributed by atoms with Gasteiger partial charge in [0, 0.05) is 37.1 Å². The second kappa shape index (κ2) is 9.68. The molecule has 1 amide bonds. The monoisotopic (exact) mass is 401 g/mol. The van der Waals surface area contributed by atoms with E-state index >= 15 is 0 Å². The molecule has 0 spiro atoms. The van der Waals surface area contributed by atoms with Gasteiger partial charge in [-0.05, 0) is 24.0 Å². The molecule has 28 heavy (non-hydrogen) atoms. The molecule has 2 aromatic rings. The zero-order valence-electron chi connectivity index (χ0n) is 15.7. The molecule has 8 heteroatoms. The number of nitrogens with one attached hydrogen (secondary N) is 1. The summed E-state index contributed by atoms with van der Waals surface area (Å²) < 4.78 is 5.76. The van der Waals surface area contributed by atoms with Gasteiger partial charge in [0.1, 0.15) is 5.56 Å². The molecule has 2 aromatic carbocycles. The average Bonchev–Trinajstić information content (AvgIpc) is 2.72. The number of thioether (sulfide) groups is 1. The van der Waals surface area contributed by atoms with Crippen molar-refractivity contribution >= 4 is 23.4 Å². The van der Waals surface area contributed by atoms with Crippen LogP contribution in [0.5, 0.6) is 0 Å². The molecule has 0 radical (unpaired) electrons. The fraction of sp³-hybridized carbons (Fsp3) is 0.350. The lowest BCUT2D eigenvalue weighted by Crippen LogP contribution is -2.47. The first-order valence-corrected chi connectivity index (χ1v) is 10.3. The van der Waals surface area contributed by atoms with E-state index in [2.05, 4.69) is 22.3 Å². The fourth-order valence-electron chi connectivity index (χ4n) is 3.17. The Bertz CT molecular complexity index is 831. The first-order valence-electron chi connectivity index (χ1n) is 9.05. The van der Waals surface area contributed by atoms with Crippen LogP contribution in [0.2, 0.25) is 0 Å². The van der Waals surface area contributed by atoms with E-state index in [1.807, 2.05) is 24.5 Å². The van der Waals surface area contributed by atoms with E-state index in [9.17, 15) is 14.9 Å². The zero-order valence-corrected chi connectivity index (χ0v) is 16.5. The minimum atomic E-state index is -0.530. The fourth-order valence-corrected chi connectivity index (χ4v) is 3.61. The highest BCUT2D eigenvalue weighted by Gasteiger charge is 2.24. The number of hydrogen-bond acceptors (Lipinski definition) is 6. The van der Waals surface area contributed by atoms with E-state index in [0.717, 1.165) is 18.0 Å². The predicted molar refractivity (Wildman–Crippen MR) is 109 cm³/mol. The van der Waals surface area contributed by atoms with E-state index in [1.165, 1.54) is 23.4 Å². The maximum atomic E-state index is 12.6. The summed E-state index contributed by atoms with van der Waals surface area (Å²) in [5.74, 6) is -0.452. The quantitative estimate of drug-likeness (QED) is 0.436. The summed E-state index contributed by atoms with van der Waals surface area (Å²) in [7, 11) is 0. The summed E-state index contributed by atoms with van der Waals surface area (Å²) >= 11 is 1.43. The van der Waals surface area contributed by atoms with Gasteiger partial charge in [-0.15, -0.1) is 11.8 Å². The third-order valence-electron chi connectivity index (χ3n) is 4.61. The normalized spacial score (nSPS) is 17.2. The van der Waals surface area contributed by atoms with Crippen LogP contribution in [0.3, 0.4) is 0 Å². The summed E-state index contributed by atoms with van der Waals surface area (Å²) in [6.07, 6.45) is 1.71. The van der Waals surface area contributed by atoms with Crippen molar-refractivity contribution in [3.05, 3.63) is 69.8 Å². The first-order chi connectivity index (χ1) is 13.6. The highest BCUT2D eigenvalue weighted by atomic mass is 32.2. The molecule has 1 N–H and O–H groups in total. The molecule has 148 valence electrons. The Labute approximate surface area is 168 Å². The largest absolute Gasteiger partial charge is 0.374 e. The van der Waals surface area contributed by atoms with Crippen molar-refractivity contribution in [2.45, 2.75) is 17.5 Å². The van der Waals surface area contributed by atoms with Crippen molar-refractivity contribution in [2.75, 3.05) is 32.5 Å². The van der Waals surface area contributed by atoms with Crippen LogP contribution in [0, 0.1) is 10.1 Å². The molecule has 0 bridgehead atoms. The van der Waals surface area contributed by atoms with Crippen molar-refractivity contribution in [3.63, 3.8) is 0 Å². The average molecular weight is 401 g/mol. The predicted octanol–water partition coefficient (Wildman–Crippen LogP) is 2.95. The minimum Gasteiger partial charge on any atom is -0.374 e. The molecule has 3 rings (SSSR count). The number of carbonyl (C=O) groups excluding carboxylic acids is 1. The molecule has 1 fully saturated rings. The van der Waals surface area contributed by atoms with Gasteiger partial charge in [-0.1, -0.05) is 30.3 Å². The van der Waals surface area contributed by atoms with Gasteiger partial charge < -0.3 is 10.1 Å². The summed E-state index contributed by atoms with van der Waals surface area (Å²) in [4.78, 5) is 26.4. The SMILES string of the molecule is CSc1ccc([N+](=O)[O-])c(C(=O)NCC2CN(Cc3ccccc3)CCO2)c1. The van der Waals surface area contributed by atoms with Crippen LogP contribution < -0.4 is 5.32 Å². The topological polar surface area (TPSA) is 84.7 Å². The summed E-state index contributed by atoms with van der Waals surface area (Å²) in [5.41, 5.74) is 1.12. The molecular formula is C20H23N3O4S. The molecule has 0 saturated carbocycles. The van der Waals surface area contributed by atoms with Crippen LogP contribution in [0.1, 0.15) is 15.9 Å². The lowest BCUT2D eigenvalue weighted by Gasteiger charge is -2.33. The Kier molecular flexibility index (Phi) is 7.02. The molecule has 1 saturated heterocycles. The summed E-state index contributed by atoms with van der Waals surface area (Å²) in [5, 5.41) is 14.0.